The van der Waals surface area contributed by atoms with Crippen molar-refractivity contribution in [1.82, 2.24) is 4.90 Å². The number of benzene rings is 1. The molecule has 100 valence electrons. The summed E-state index contributed by atoms with van der Waals surface area (Å²) in [6.07, 6.45) is 0. The Morgan fingerprint density at radius 3 is 2.50 bits per heavy atom. The molecule has 0 radical (unpaired) electrons. The number of carbonyl (C=O) groups excluding carboxylic acids is 1. The molecular formula is C14H22N2O2. The molecule has 0 aliphatic heterocycles. The van der Waals surface area contributed by atoms with Crippen LogP contribution in [0.25, 0.3) is 0 Å². The van der Waals surface area contributed by atoms with Gasteiger partial charge in [-0.05, 0) is 51.1 Å². The van der Waals surface area contributed by atoms with Crippen molar-refractivity contribution in [2.75, 3.05) is 13.6 Å². The lowest BCUT2D eigenvalue weighted by molar-refractivity contribution is 0.0424. The number of aliphatic hydroxyl groups is 1. The number of likely N-dealkylation sites (N-methyl/N-ethyl adjacent to an activating group) is 1. The van der Waals surface area contributed by atoms with Gasteiger partial charge < -0.3 is 10.8 Å². The summed E-state index contributed by atoms with van der Waals surface area (Å²) in [5.41, 5.74) is 7.22. The fraction of sp³-hybridized carbons (Fsp3) is 0.500. The van der Waals surface area contributed by atoms with Crippen molar-refractivity contribution in [1.29, 1.82) is 0 Å². The van der Waals surface area contributed by atoms with E-state index in [0.29, 0.717) is 12.1 Å². The molecule has 0 aliphatic carbocycles. The summed E-state index contributed by atoms with van der Waals surface area (Å²) in [5.74, 6) is -0.408. The molecule has 0 aliphatic rings. The van der Waals surface area contributed by atoms with Crippen molar-refractivity contribution in [2.24, 2.45) is 5.73 Å². The quantitative estimate of drug-likeness (QED) is 0.827. The van der Waals surface area contributed by atoms with Gasteiger partial charge in [-0.3, -0.25) is 9.69 Å². The van der Waals surface area contributed by atoms with Crippen LogP contribution >= 0.6 is 0 Å². The summed E-state index contributed by atoms with van der Waals surface area (Å²) in [6.45, 7) is 6.84. The first kappa shape index (κ1) is 14.7. The standard InChI is InChI=1S/C14H22N2O2/c1-10-7-11(13(15)17)5-6-12(10)8-16(4)9-14(2,3)18/h5-7,18H,8-9H2,1-4H3,(H2,15,17). The maximum absolute atomic E-state index is 11.1. The molecule has 0 fully saturated rings. The Hall–Kier alpha value is -1.39. The van der Waals surface area contributed by atoms with Gasteiger partial charge in [0.2, 0.25) is 5.91 Å². The first-order valence-electron chi connectivity index (χ1n) is 5.99. The Morgan fingerprint density at radius 2 is 2.06 bits per heavy atom. The van der Waals surface area contributed by atoms with Gasteiger partial charge in [-0.1, -0.05) is 6.07 Å². The average molecular weight is 250 g/mol. The van der Waals surface area contributed by atoms with Crippen LogP contribution in [0.4, 0.5) is 0 Å². The van der Waals surface area contributed by atoms with E-state index in [2.05, 4.69) is 0 Å². The van der Waals surface area contributed by atoms with Crippen LogP contribution in [0, 0.1) is 6.92 Å². The van der Waals surface area contributed by atoms with Crippen LogP contribution in [0.15, 0.2) is 18.2 Å². The minimum absolute atomic E-state index is 0.408. The number of carbonyl (C=O) groups is 1. The third-order valence-corrected chi connectivity index (χ3v) is 2.72. The zero-order chi connectivity index (χ0) is 13.9. The molecule has 18 heavy (non-hydrogen) atoms. The van der Waals surface area contributed by atoms with E-state index in [0.717, 1.165) is 17.7 Å². The third kappa shape index (κ3) is 4.47. The SMILES string of the molecule is Cc1cc(C(N)=O)ccc1CN(C)CC(C)(C)O. The number of hydrogen-bond acceptors (Lipinski definition) is 3. The monoisotopic (exact) mass is 250 g/mol. The van der Waals surface area contributed by atoms with E-state index < -0.39 is 11.5 Å². The molecule has 1 aromatic carbocycles. The van der Waals surface area contributed by atoms with E-state index >= 15 is 0 Å². The summed E-state index contributed by atoms with van der Waals surface area (Å²) in [7, 11) is 1.96. The van der Waals surface area contributed by atoms with Crippen molar-refractivity contribution < 1.29 is 9.90 Å². The van der Waals surface area contributed by atoms with Gasteiger partial charge in [0.25, 0.3) is 0 Å². The maximum Gasteiger partial charge on any atom is 0.248 e. The number of aryl methyl sites for hydroxylation is 1. The lowest BCUT2D eigenvalue weighted by Gasteiger charge is -2.26. The van der Waals surface area contributed by atoms with Crippen LogP contribution in [0.2, 0.25) is 0 Å². The highest BCUT2D eigenvalue weighted by Gasteiger charge is 2.16. The van der Waals surface area contributed by atoms with Gasteiger partial charge in [-0.2, -0.15) is 0 Å². The first-order chi connectivity index (χ1) is 8.19. The highest BCUT2D eigenvalue weighted by atomic mass is 16.3. The van der Waals surface area contributed by atoms with Crippen LogP contribution < -0.4 is 5.73 Å². The summed E-state index contributed by atoms with van der Waals surface area (Å²) >= 11 is 0. The zero-order valence-electron chi connectivity index (χ0n) is 11.5. The molecule has 0 spiro atoms. The molecule has 0 saturated heterocycles. The summed E-state index contributed by atoms with van der Waals surface area (Å²) in [5, 5.41) is 9.75. The molecule has 0 saturated carbocycles. The minimum atomic E-state index is -0.712. The molecule has 4 heteroatoms. The molecule has 1 rings (SSSR count). The summed E-state index contributed by atoms with van der Waals surface area (Å²) < 4.78 is 0. The molecule has 0 bridgehead atoms. The Kier molecular flexibility index (Phi) is 4.48. The molecule has 0 atom stereocenters. The number of nitrogens with two attached hydrogens (primary N) is 1. The van der Waals surface area contributed by atoms with Gasteiger partial charge in [0.05, 0.1) is 5.60 Å². The number of rotatable bonds is 5. The van der Waals surface area contributed by atoms with Gasteiger partial charge in [0.15, 0.2) is 0 Å². The van der Waals surface area contributed by atoms with E-state index in [1.54, 1.807) is 26.0 Å². The van der Waals surface area contributed by atoms with Gasteiger partial charge >= 0.3 is 0 Å². The van der Waals surface area contributed by atoms with Gasteiger partial charge in [0.1, 0.15) is 0 Å². The first-order valence-corrected chi connectivity index (χ1v) is 5.99. The summed E-state index contributed by atoms with van der Waals surface area (Å²) in [6, 6.07) is 5.45. The molecular weight excluding hydrogens is 228 g/mol. The second kappa shape index (κ2) is 5.50. The van der Waals surface area contributed by atoms with E-state index in [1.165, 1.54) is 0 Å². The van der Waals surface area contributed by atoms with E-state index in [9.17, 15) is 9.90 Å². The minimum Gasteiger partial charge on any atom is -0.389 e. The molecule has 1 amide bonds. The molecule has 0 unspecified atom stereocenters. The zero-order valence-corrected chi connectivity index (χ0v) is 11.5. The number of nitrogens with zero attached hydrogens (tertiary/aromatic N) is 1. The average Bonchev–Trinajstić information content (AvgIpc) is 2.17. The summed E-state index contributed by atoms with van der Waals surface area (Å²) in [4.78, 5) is 13.1. The van der Waals surface area contributed by atoms with E-state index in [-0.39, 0.29) is 0 Å². The Balaban J connectivity index is 2.77. The van der Waals surface area contributed by atoms with Crippen molar-refractivity contribution in [3.8, 4) is 0 Å². The van der Waals surface area contributed by atoms with E-state index in [4.69, 9.17) is 5.73 Å². The lowest BCUT2D eigenvalue weighted by Crippen LogP contribution is -2.35. The van der Waals surface area contributed by atoms with Crippen LogP contribution in [-0.4, -0.2) is 35.1 Å². The number of hydrogen-bond donors (Lipinski definition) is 2. The molecule has 1 aromatic rings. The maximum atomic E-state index is 11.1. The highest BCUT2D eigenvalue weighted by Crippen LogP contribution is 2.14. The lowest BCUT2D eigenvalue weighted by atomic mass is 10.0. The van der Waals surface area contributed by atoms with Crippen molar-refractivity contribution >= 4 is 5.91 Å². The predicted molar refractivity (Wildman–Crippen MR) is 72.3 cm³/mol. The number of primary amides is 1. The van der Waals surface area contributed by atoms with Crippen LogP contribution in [0.1, 0.15) is 35.3 Å². The van der Waals surface area contributed by atoms with Crippen molar-refractivity contribution in [2.45, 2.75) is 32.9 Å². The topological polar surface area (TPSA) is 66.6 Å². The number of amides is 1. The fourth-order valence-corrected chi connectivity index (χ4v) is 2.03. The van der Waals surface area contributed by atoms with Gasteiger partial charge in [-0.15, -0.1) is 0 Å². The Bertz CT molecular complexity index is 436. The molecule has 0 aromatic heterocycles. The predicted octanol–water partition coefficient (Wildman–Crippen LogP) is 1.30. The van der Waals surface area contributed by atoms with Gasteiger partial charge in [-0.25, -0.2) is 0 Å². The fourth-order valence-electron chi connectivity index (χ4n) is 2.03. The normalized spacial score (nSPS) is 11.9. The molecule has 0 heterocycles. The largest absolute Gasteiger partial charge is 0.389 e. The Morgan fingerprint density at radius 1 is 1.44 bits per heavy atom. The second-order valence-electron chi connectivity index (χ2n) is 5.49. The van der Waals surface area contributed by atoms with E-state index in [1.807, 2.05) is 24.9 Å². The Labute approximate surface area is 108 Å². The second-order valence-corrected chi connectivity index (χ2v) is 5.49. The van der Waals surface area contributed by atoms with Gasteiger partial charge in [0, 0.05) is 18.7 Å². The van der Waals surface area contributed by atoms with Crippen LogP contribution in [0.5, 0.6) is 0 Å². The highest BCUT2D eigenvalue weighted by molar-refractivity contribution is 5.93. The van der Waals surface area contributed by atoms with Crippen LogP contribution in [-0.2, 0) is 6.54 Å². The molecule has 3 N–H and O–H groups in total. The van der Waals surface area contributed by atoms with Crippen molar-refractivity contribution in [3.63, 3.8) is 0 Å². The smallest absolute Gasteiger partial charge is 0.248 e. The third-order valence-electron chi connectivity index (χ3n) is 2.72. The van der Waals surface area contributed by atoms with Crippen LogP contribution in [0.3, 0.4) is 0 Å². The molecule has 4 nitrogen and oxygen atoms in total. The van der Waals surface area contributed by atoms with Crippen molar-refractivity contribution in [3.05, 3.63) is 34.9 Å².